The normalized spacial score (nSPS) is 10.3. The molecule has 0 saturated heterocycles. The van der Waals surface area contributed by atoms with Crippen molar-refractivity contribution in [3.63, 3.8) is 0 Å². The van der Waals surface area contributed by atoms with Crippen molar-refractivity contribution in [3.8, 4) is 0 Å². The maximum Gasteiger partial charge on any atom is 0.291 e. The van der Waals surface area contributed by atoms with Gasteiger partial charge in [0.2, 0.25) is 0 Å². The van der Waals surface area contributed by atoms with Crippen molar-refractivity contribution < 1.29 is 14.0 Å². The molecular formula is C16H14N4O3. The Balaban J connectivity index is 1.64. The van der Waals surface area contributed by atoms with Gasteiger partial charge in [-0.15, -0.1) is 0 Å². The van der Waals surface area contributed by atoms with Gasteiger partial charge in [-0.05, 0) is 42.5 Å². The maximum atomic E-state index is 12.1. The molecule has 1 aromatic carbocycles. The van der Waals surface area contributed by atoms with Gasteiger partial charge in [0.15, 0.2) is 5.76 Å². The quantitative estimate of drug-likeness (QED) is 0.775. The molecular weight excluding hydrogens is 296 g/mol. The number of benzene rings is 1. The minimum Gasteiger partial charge on any atom is -0.459 e. The summed E-state index contributed by atoms with van der Waals surface area (Å²) in [6.07, 6.45) is 2.99. The number of carbonyl (C=O) groups is 2. The highest BCUT2D eigenvalue weighted by atomic mass is 16.3. The molecule has 0 aliphatic rings. The van der Waals surface area contributed by atoms with E-state index in [1.165, 1.54) is 10.9 Å². The molecule has 3 aromatic rings. The zero-order valence-corrected chi connectivity index (χ0v) is 12.3. The Hall–Kier alpha value is -3.35. The van der Waals surface area contributed by atoms with Crippen LogP contribution in [0, 0.1) is 0 Å². The van der Waals surface area contributed by atoms with E-state index in [2.05, 4.69) is 15.7 Å². The summed E-state index contributed by atoms with van der Waals surface area (Å²) in [6.45, 7) is 0. The van der Waals surface area contributed by atoms with E-state index < -0.39 is 0 Å². The number of rotatable bonds is 4. The predicted molar refractivity (Wildman–Crippen MR) is 84.3 cm³/mol. The van der Waals surface area contributed by atoms with Crippen LogP contribution >= 0.6 is 0 Å². The van der Waals surface area contributed by atoms with Crippen molar-refractivity contribution >= 4 is 23.2 Å². The predicted octanol–water partition coefficient (Wildman–Crippen LogP) is 2.52. The van der Waals surface area contributed by atoms with E-state index >= 15 is 0 Å². The highest BCUT2D eigenvalue weighted by Crippen LogP contribution is 2.15. The molecule has 0 fully saturated rings. The number of anilines is 2. The lowest BCUT2D eigenvalue weighted by Gasteiger charge is -2.07. The molecule has 0 bridgehead atoms. The molecule has 7 nitrogen and oxygen atoms in total. The molecule has 2 N–H and O–H groups in total. The fourth-order valence-electron chi connectivity index (χ4n) is 2.03. The Kier molecular flexibility index (Phi) is 3.92. The molecule has 2 heterocycles. The number of amides is 2. The summed E-state index contributed by atoms with van der Waals surface area (Å²) in [5.41, 5.74) is 1.68. The van der Waals surface area contributed by atoms with Gasteiger partial charge in [-0.1, -0.05) is 0 Å². The molecule has 0 aliphatic heterocycles. The van der Waals surface area contributed by atoms with Gasteiger partial charge in [0.05, 0.1) is 6.26 Å². The van der Waals surface area contributed by atoms with E-state index in [0.29, 0.717) is 17.1 Å². The van der Waals surface area contributed by atoms with Gasteiger partial charge < -0.3 is 15.1 Å². The Labute approximate surface area is 131 Å². The van der Waals surface area contributed by atoms with Crippen LogP contribution < -0.4 is 10.6 Å². The molecule has 23 heavy (non-hydrogen) atoms. The number of aromatic nitrogens is 2. The minimum atomic E-state index is -0.332. The zero-order chi connectivity index (χ0) is 16.2. The molecule has 0 spiro atoms. The van der Waals surface area contributed by atoms with E-state index in [0.717, 1.165) is 0 Å². The number of nitrogens with one attached hydrogen (secondary N) is 2. The van der Waals surface area contributed by atoms with Crippen LogP contribution in [0.5, 0.6) is 0 Å². The van der Waals surface area contributed by atoms with Crippen molar-refractivity contribution in [3.05, 3.63) is 66.4 Å². The maximum absolute atomic E-state index is 12.1. The third-order valence-electron chi connectivity index (χ3n) is 3.20. The van der Waals surface area contributed by atoms with E-state index in [1.54, 1.807) is 55.7 Å². The molecule has 2 aromatic heterocycles. The fourth-order valence-corrected chi connectivity index (χ4v) is 2.03. The second-order valence-corrected chi connectivity index (χ2v) is 4.80. The van der Waals surface area contributed by atoms with Gasteiger partial charge in [0, 0.05) is 24.6 Å². The first kappa shape index (κ1) is 14.6. The Morgan fingerprint density at radius 3 is 2.17 bits per heavy atom. The summed E-state index contributed by atoms with van der Waals surface area (Å²) in [4.78, 5) is 23.9. The average Bonchev–Trinajstić information content (AvgIpc) is 3.20. The van der Waals surface area contributed by atoms with E-state index in [9.17, 15) is 9.59 Å². The molecule has 0 unspecified atom stereocenters. The molecule has 3 rings (SSSR count). The van der Waals surface area contributed by atoms with Gasteiger partial charge in [-0.3, -0.25) is 14.3 Å². The summed E-state index contributed by atoms with van der Waals surface area (Å²) in [6, 6.07) is 11.6. The van der Waals surface area contributed by atoms with E-state index in [1.807, 2.05) is 0 Å². The van der Waals surface area contributed by atoms with Crippen molar-refractivity contribution in [1.82, 2.24) is 9.78 Å². The SMILES string of the molecule is Cn1nccc1C(=O)Nc1ccc(NC(=O)c2ccco2)cc1. The van der Waals surface area contributed by atoms with Crippen LogP contribution in [0.1, 0.15) is 21.0 Å². The molecule has 116 valence electrons. The number of hydrogen-bond donors (Lipinski definition) is 2. The van der Waals surface area contributed by atoms with Gasteiger partial charge in [-0.2, -0.15) is 5.10 Å². The topological polar surface area (TPSA) is 89.2 Å². The zero-order valence-electron chi connectivity index (χ0n) is 12.3. The molecule has 0 radical (unpaired) electrons. The van der Waals surface area contributed by atoms with Crippen LogP contribution in [-0.2, 0) is 7.05 Å². The van der Waals surface area contributed by atoms with Crippen LogP contribution in [0.25, 0.3) is 0 Å². The van der Waals surface area contributed by atoms with Crippen molar-refractivity contribution in [2.45, 2.75) is 0 Å². The number of aryl methyl sites for hydroxylation is 1. The van der Waals surface area contributed by atoms with Crippen molar-refractivity contribution in [1.29, 1.82) is 0 Å². The summed E-state index contributed by atoms with van der Waals surface area (Å²) < 4.78 is 6.51. The molecule has 2 amide bonds. The second-order valence-electron chi connectivity index (χ2n) is 4.80. The highest BCUT2D eigenvalue weighted by Gasteiger charge is 2.11. The smallest absolute Gasteiger partial charge is 0.291 e. The van der Waals surface area contributed by atoms with Gasteiger partial charge in [-0.25, -0.2) is 0 Å². The number of furan rings is 1. The Morgan fingerprint density at radius 1 is 1.00 bits per heavy atom. The van der Waals surface area contributed by atoms with Crippen LogP contribution in [0.4, 0.5) is 11.4 Å². The molecule has 0 aliphatic carbocycles. The summed E-state index contributed by atoms with van der Waals surface area (Å²) in [5.74, 6) is -0.349. The summed E-state index contributed by atoms with van der Waals surface area (Å²) >= 11 is 0. The van der Waals surface area contributed by atoms with E-state index in [4.69, 9.17) is 4.42 Å². The third kappa shape index (κ3) is 3.29. The fraction of sp³-hybridized carbons (Fsp3) is 0.0625. The molecule has 0 saturated carbocycles. The third-order valence-corrected chi connectivity index (χ3v) is 3.20. The number of carbonyl (C=O) groups excluding carboxylic acids is 2. The van der Waals surface area contributed by atoms with Gasteiger partial charge in [0.1, 0.15) is 5.69 Å². The molecule has 7 heteroatoms. The van der Waals surface area contributed by atoms with E-state index in [-0.39, 0.29) is 17.6 Å². The van der Waals surface area contributed by atoms with Gasteiger partial charge >= 0.3 is 0 Å². The number of hydrogen-bond acceptors (Lipinski definition) is 4. The average molecular weight is 310 g/mol. The van der Waals surface area contributed by atoms with Crippen LogP contribution in [0.3, 0.4) is 0 Å². The second kappa shape index (κ2) is 6.18. The summed E-state index contributed by atoms with van der Waals surface area (Å²) in [7, 11) is 1.70. The lowest BCUT2D eigenvalue weighted by Crippen LogP contribution is -2.16. The van der Waals surface area contributed by atoms with Crippen LogP contribution in [0.2, 0.25) is 0 Å². The largest absolute Gasteiger partial charge is 0.459 e. The lowest BCUT2D eigenvalue weighted by molar-refractivity contribution is 0.0993. The highest BCUT2D eigenvalue weighted by molar-refractivity contribution is 6.04. The van der Waals surface area contributed by atoms with Crippen molar-refractivity contribution in [2.24, 2.45) is 7.05 Å². The van der Waals surface area contributed by atoms with Crippen LogP contribution in [-0.4, -0.2) is 21.6 Å². The first-order chi connectivity index (χ1) is 11.1. The van der Waals surface area contributed by atoms with Crippen molar-refractivity contribution in [2.75, 3.05) is 10.6 Å². The minimum absolute atomic E-state index is 0.235. The Bertz CT molecular complexity index is 819. The lowest BCUT2D eigenvalue weighted by atomic mass is 10.2. The standard InChI is InChI=1S/C16H14N4O3/c1-20-13(8-9-17-20)15(21)18-11-4-6-12(7-5-11)19-16(22)14-3-2-10-23-14/h2-10H,1H3,(H,18,21)(H,19,22). The number of nitrogens with zero attached hydrogens (tertiary/aromatic N) is 2. The van der Waals surface area contributed by atoms with Crippen LogP contribution in [0.15, 0.2) is 59.3 Å². The molecule has 0 atom stereocenters. The Morgan fingerprint density at radius 2 is 1.65 bits per heavy atom. The van der Waals surface area contributed by atoms with Gasteiger partial charge in [0.25, 0.3) is 11.8 Å². The first-order valence-corrected chi connectivity index (χ1v) is 6.88. The first-order valence-electron chi connectivity index (χ1n) is 6.88. The summed E-state index contributed by atoms with van der Waals surface area (Å²) in [5, 5.41) is 9.41. The monoisotopic (exact) mass is 310 g/mol.